The first-order valence-corrected chi connectivity index (χ1v) is 6.54. The molecule has 1 aromatic rings. The fraction of sp³-hybridized carbons (Fsp3) is 0.533. The Morgan fingerprint density at radius 2 is 2.05 bits per heavy atom. The van der Waals surface area contributed by atoms with Crippen molar-refractivity contribution in [1.29, 1.82) is 5.41 Å². The van der Waals surface area contributed by atoms with Crippen LogP contribution in [-0.4, -0.2) is 30.4 Å². The molecule has 19 heavy (non-hydrogen) atoms. The number of methoxy groups -OCH3 is 1. The second-order valence-electron chi connectivity index (χ2n) is 5.47. The van der Waals surface area contributed by atoms with E-state index in [0.29, 0.717) is 11.3 Å². The molecule has 0 fully saturated rings. The highest BCUT2D eigenvalue weighted by atomic mass is 16.5. The van der Waals surface area contributed by atoms with E-state index in [1.807, 2.05) is 18.2 Å². The standard InChI is InChI=1S/C15H25N3O/c1-6-15(2,3)18(4)10-11-7-8-13(19-5)12(9-11)14(16)17/h7-9H,6,10H2,1-5H3,(H3,16,17). The molecule has 0 bridgehead atoms. The molecule has 0 saturated carbocycles. The van der Waals surface area contributed by atoms with Crippen LogP contribution in [0.2, 0.25) is 0 Å². The molecule has 0 atom stereocenters. The van der Waals surface area contributed by atoms with Crippen molar-refractivity contribution >= 4 is 5.84 Å². The van der Waals surface area contributed by atoms with Gasteiger partial charge >= 0.3 is 0 Å². The maximum atomic E-state index is 7.60. The summed E-state index contributed by atoms with van der Waals surface area (Å²) in [5.41, 5.74) is 7.53. The van der Waals surface area contributed by atoms with Crippen molar-refractivity contribution in [2.75, 3.05) is 14.2 Å². The molecule has 0 heterocycles. The van der Waals surface area contributed by atoms with Crippen LogP contribution >= 0.6 is 0 Å². The van der Waals surface area contributed by atoms with Gasteiger partial charge in [0.05, 0.1) is 12.7 Å². The third-order valence-electron chi connectivity index (χ3n) is 3.87. The highest BCUT2D eigenvalue weighted by Gasteiger charge is 2.21. The molecule has 0 spiro atoms. The Balaban J connectivity index is 2.97. The van der Waals surface area contributed by atoms with Gasteiger partial charge < -0.3 is 10.5 Å². The van der Waals surface area contributed by atoms with Gasteiger partial charge in [-0.1, -0.05) is 13.0 Å². The summed E-state index contributed by atoms with van der Waals surface area (Å²) in [6, 6.07) is 5.83. The van der Waals surface area contributed by atoms with Crippen LogP contribution in [0.1, 0.15) is 38.3 Å². The lowest BCUT2D eigenvalue weighted by molar-refractivity contribution is 0.143. The van der Waals surface area contributed by atoms with Gasteiger partial charge in [0.25, 0.3) is 0 Å². The normalized spacial score (nSPS) is 11.7. The van der Waals surface area contributed by atoms with E-state index >= 15 is 0 Å². The maximum Gasteiger partial charge on any atom is 0.129 e. The number of nitrogens with zero attached hydrogens (tertiary/aromatic N) is 1. The summed E-state index contributed by atoms with van der Waals surface area (Å²) in [6.07, 6.45) is 1.08. The van der Waals surface area contributed by atoms with Crippen LogP contribution in [0.25, 0.3) is 0 Å². The Morgan fingerprint density at radius 1 is 1.42 bits per heavy atom. The van der Waals surface area contributed by atoms with Crippen LogP contribution in [-0.2, 0) is 6.54 Å². The molecular weight excluding hydrogens is 238 g/mol. The molecule has 0 aliphatic carbocycles. The molecule has 0 aliphatic rings. The third kappa shape index (κ3) is 3.70. The number of amidine groups is 1. The van der Waals surface area contributed by atoms with E-state index in [0.717, 1.165) is 18.5 Å². The average Bonchev–Trinajstić information content (AvgIpc) is 2.38. The molecule has 0 aliphatic heterocycles. The van der Waals surface area contributed by atoms with Crippen molar-refractivity contribution in [2.45, 2.75) is 39.3 Å². The molecule has 0 aromatic heterocycles. The second kappa shape index (κ2) is 6.06. The minimum Gasteiger partial charge on any atom is -0.496 e. The number of nitrogen functional groups attached to an aromatic ring is 1. The van der Waals surface area contributed by atoms with Gasteiger partial charge in [0, 0.05) is 12.1 Å². The van der Waals surface area contributed by atoms with Crippen molar-refractivity contribution in [3.8, 4) is 5.75 Å². The summed E-state index contributed by atoms with van der Waals surface area (Å²) in [5, 5.41) is 7.60. The van der Waals surface area contributed by atoms with Crippen molar-refractivity contribution in [2.24, 2.45) is 5.73 Å². The summed E-state index contributed by atoms with van der Waals surface area (Å²) >= 11 is 0. The fourth-order valence-corrected chi connectivity index (χ4v) is 1.82. The highest BCUT2D eigenvalue weighted by Crippen LogP contribution is 2.23. The Bertz CT molecular complexity index is 455. The van der Waals surface area contributed by atoms with Gasteiger partial charge in [-0.3, -0.25) is 10.3 Å². The average molecular weight is 263 g/mol. The molecule has 1 rings (SSSR count). The monoisotopic (exact) mass is 263 g/mol. The van der Waals surface area contributed by atoms with E-state index in [1.165, 1.54) is 0 Å². The quantitative estimate of drug-likeness (QED) is 0.612. The van der Waals surface area contributed by atoms with Crippen LogP contribution < -0.4 is 10.5 Å². The van der Waals surface area contributed by atoms with E-state index in [9.17, 15) is 0 Å². The molecule has 106 valence electrons. The Hall–Kier alpha value is -1.55. The summed E-state index contributed by atoms with van der Waals surface area (Å²) < 4.78 is 5.22. The molecule has 1 aromatic carbocycles. The molecule has 4 heteroatoms. The van der Waals surface area contributed by atoms with E-state index in [4.69, 9.17) is 15.9 Å². The predicted molar refractivity (Wildman–Crippen MR) is 79.8 cm³/mol. The first-order chi connectivity index (χ1) is 8.81. The van der Waals surface area contributed by atoms with E-state index < -0.39 is 0 Å². The van der Waals surface area contributed by atoms with E-state index in [1.54, 1.807) is 7.11 Å². The number of hydrogen-bond donors (Lipinski definition) is 2. The Morgan fingerprint density at radius 3 is 2.53 bits per heavy atom. The minimum atomic E-state index is 0.0381. The zero-order valence-corrected chi connectivity index (χ0v) is 12.6. The molecule has 3 N–H and O–H groups in total. The highest BCUT2D eigenvalue weighted by molar-refractivity contribution is 5.97. The minimum absolute atomic E-state index is 0.0381. The molecule has 4 nitrogen and oxygen atoms in total. The first-order valence-electron chi connectivity index (χ1n) is 6.54. The first kappa shape index (κ1) is 15.5. The lowest BCUT2D eigenvalue weighted by Gasteiger charge is -2.35. The molecule has 0 radical (unpaired) electrons. The van der Waals surface area contributed by atoms with Crippen molar-refractivity contribution in [1.82, 2.24) is 4.90 Å². The van der Waals surface area contributed by atoms with Crippen molar-refractivity contribution < 1.29 is 4.74 Å². The topological polar surface area (TPSA) is 62.3 Å². The number of nitrogens with two attached hydrogens (primary N) is 1. The number of benzene rings is 1. The lowest BCUT2D eigenvalue weighted by Crippen LogP contribution is -2.39. The largest absolute Gasteiger partial charge is 0.496 e. The number of ether oxygens (including phenoxy) is 1. The third-order valence-corrected chi connectivity index (χ3v) is 3.87. The number of rotatable bonds is 6. The van der Waals surface area contributed by atoms with Gasteiger partial charge in [0.2, 0.25) is 0 Å². The van der Waals surface area contributed by atoms with Crippen LogP contribution in [0, 0.1) is 5.41 Å². The lowest BCUT2D eigenvalue weighted by atomic mass is 9.98. The van der Waals surface area contributed by atoms with Gasteiger partial charge in [-0.05, 0) is 45.0 Å². The smallest absolute Gasteiger partial charge is 0.129 e. The molecule has 0 unspecified atom stereocenters. The van der Waals surface area contributed by atoms with Gasteiger partial charge in [0.15, 0.2) is 0 Å². The van der Waals surface area contributed by atoms with Crippen molar-refractivity contribution in [3.63, 3.8) is 0 Å². The molecular formula is C15H25N3O. The van der Waals surface area contributed by atoms with Crippen LogP contribution in [0.15, 0.2) is 18.2 Å². The van der Waals surface area contributed by atoms with Gasteiger partial charge in [-0.25, -0.2) is 0 Å². The summed E-state index contributed by atoms with van der Waals surface area (Å²) in [6.45, 7) is 7.46. The van der Waals surface area contributed by atoms with Gasteiger partial charge in [-0.15, -0.1) is 0 Å². The zero-order valence-electron chi connectivity index (χ0n) is 12.6. The summed E-state index contributed by atoms with van der Waals surface area (Å²) in [4.78, 5) is 2.30. The number of nitrogens with one attached hydrogen (secondary N) is 1. The van der Waals surface area contributed by atoms with Crippen LogP contribution in [0.3, 0.4) is 0 Å². The molecule has 0 amide bonds. The second-order valence-corrected chi connectivity index (χ2v) is 5.47. The van der Waals surface area contributed by atoms with Crippen LogP contribution in [0.4, 0.5) is 0 Å². The van der Waals surface area contributed by atoms with Gasteiger partial charge in [-0.2, -0.15) is 0 Å². The van der Waals surface area contributed by atoms with E-state index in [2.05, 4.69) is 32.7 Å². The Kier molecular flexibility index (Phi) is 4.95. The summed E-state index contributed by atoms with van der Waals surface area (Å²) in [5.74, 6) is 0.685. The zero-order chi connectivity index (χ0) is 14.6. The fourth-order valence-electron chi connectivity index (χ4n) is 1.82. The number of hydrogen-bond acceptors (Lipinski definition) is 3. The van der Waals surface area contributed by atoms with Gasteiger partial charge in [0.1, 0.15) is 11.6 Å². The summed E-state index contributed by atoms with van der Waals surface area (Å²) in [7, 11) is 3.70. The Labute approximate surface area is 116 Å². The van der Waals surface area contributed by atoms with Crippen molar-refractivity contribution in [3.05, 3.63) is 29.3 Å². The molecule has 0 saturated heterocycles. The SMILES string of the molecule is CCC(C)(C)N(C)Cc1ccc(OC)c(C(=N)N)c1. The predicted octanol–water partition coefficient (Wildman–Crippen LogP) is 2.60. The maximum absolute atomic E-state index is 7.60. The van der Waals surface area contributed by atoms with Crippen LogP contribution in [0.5, 0.6) is 5.75 Å². The van der Waals surface area contributed by atoms with E-state index in [-0.39, 0.29) is 11.4 Å².